The van der Waals surface area contributed by atoms with Crippen molar-refractivity contribution >= 4 is 18.0 Å². The maximum absolute atomic E-state index is 12.9. The zero-order chi connectivity index (χ0) is 24.9. The molecule has 3 N–H and O–H groups in total. The van der Waals surface area contributed by atoms with Gasteiger partial charge in [-0.15, -0.1) is 0 Å². The van der Waals surface area contributed by atoms with Crippen LogP contribution in [0.15, 0.2) is 48.5 Å². The molecular formula is C28H34N2O5. The summed E-state index contributed by atoms with van der Waals surface area (Å²) in [5.41, 5.74) is 4.60. The van der Waals surface area contributed by atoms with Crippen LogP contribution in [0.25, 0.3) is 11.1 Å². The van der Waals surface area contributed by atoms with Crippen molar-refractivity contribution in [3.8, 4) is 11.1 Å². The minimum Gasteiger partial charge on any atom is -0.481 e. The van der Waals surface area contributed by atoms with E-state index in [1.807, 2.05) is 24.3 Å². The molecule has 1 fully saturated rings. The summed E-state index contributed by atoms with van der Waals surface area (Å²) in [6.45, 7) is 3.69. The number of fused-ring (bicyclic) bond motifs is 3. The molecule has 2 aliphatic carbocycles. The monoisotopic (exact) mass is 478 g/mol. The summed E-state index contributed by atoms with van der Waals surface area (Å²) >= 11 is 0. The Balaban J connectivity index is 1.32. The van der Waals surface area contributed by atoms with Crippen molar-refractivity contribution in [3.63, 3.8) is 0 Å². The van der Waals surface area contributed by atoms with Crippen LogP contribution in [-0.4, -0.2) is 41.8 Å². The molecule has 7 heteroatoms. The SMILES string of the molecule is CC(NC(=O)OCC1c2ccccc2-c2ccccc21)C(C)C(=O)N[C@@H]1CCCCC[C@@H]1C(=O)O. The van der Waals surface area contributed by atoms with Crippen LogP contribution in [-0.2, 0) is 14.3 Å². The lowest BCUT2D eigenvalue weighted by atomic mass is 9.93. The number of alkyl carbamates (subject to hydrolysis) is 1. The average molecular weight is 479 g/mol. The number of hydrogen-bond acceptors (Lipinski definition) is 4. The molecule has 4 rings (SSSR count). The fourth-order valence-electron chi connectivity index (χ4n) is 5.27. The molecule has 4 atom stereocenters. The van der Waals surface area contributed by atoms with Crippen LogP contribution in [0.2, 0.25) is 0 Å². The van der Waals surface area contributed by atoms with Crippen LogP contribution in [0.3, 0.4) is 0 Å². The van der Waals surface area contributed by atoms with Gasteiger partial charge in [0.1, 0.15) is 6.61 Å². The zero-order valence-corrected chi connectivity index (χ0v) is 20.3. The Kier molecular flexibility index (Phi) is 7.73. The molecule has 0 saturated heterocycles. The standard InChI is InChI=1S/C28H34N2O5/c1-17(26(31)30-25-15-5-3-4-14-23(25)27(32)33)18(2)29-28(34)35-16-24-21-12-8-6-10-19(21)20-11-7-9-13-22(20)24/h6-13,17-18,23-25H,3-5,14-16H2,1-2H3,(H,29,34)(H,30,31)(H,32,33)/t17?,18?,23-,25+/m0/s1. The molecule has 0 heterocycles. The average Bonchev–Trinajstić information content (AvgIpc) is 2.98. The first-order chi connectivity index (χ1) is 16.9. The van der Waals surface area contributed by atoms with Crippen molar-refractivity contribution in [3.05, 3.63) is 59.7 Å². The number of nitrogens with one attached hydrogen (secondary N) is 2. The summed E-state index contributed by atoms with van der Waals surface area (Å²) in [6.07, 6.45) is 3.39. The fraction of sp³-hybridized carbons (Fsp3) is 0.464. The van der Waals surface area contributed by atoms with Gasteiger partial charge >= 0.3 is 12.1 Å². The molecule has 2 aromatic rings. The van der Waals surface area contributed by atoms with Gasteiger partial charge < -0.3 is 20.5 Å². The Morgan fingerprint density at radius 1 is 0.943 bits per heavy atom. The van der Waals surface area contributed by atoms with E-state index >= 15 is 0 Å². The van der Waals surface area contributed by atoms with Gasteiger partial charge in [-0.3, -0.25) is 9.59 Å². The molecular weight excluding hydrogens is 444 g/mol. The predicted octanol–water partition coefficient (Wildman–Crippen LogP) is 4.70. The van der Waals surface area contributed by atoms with Crippen molar-refractivity contribution in [2.75, 3.05) is 6.61 Å². The number of ether oxygens (including phenoxy) is 1. The van der Waals surface area contributed by atoms with Gasteiger partial charge in [0.05, 0.1) is 11.8 Å². The number of hydrogen-bond donors (Lipinski definition) is 3. The second kappa shape index (κ2) is 10.9. The highest BCUT2D eigenvalue weighted by Gasteiger charge is 2.33. The maximum atomic E-state index is 12.9. The molecule has 7 nitrogen and oxygen atoms in total. The Morgan fingerprint density at radius 2 is 1.54 bits per heavy atom. The first-order valence-corrected chi connectivity index (χ1v) is 12.5. The van der Waals surface area contributed by atoms with E-state index in [0.29, 0.717) is 12.8 Å². The van der Waals surface area contributed by atoms with E-state index in [1.165, 1.54) is 0 Å². The largest absolute Gasteiger partial charge is 0.481 e. The molecule has 2 unspecified atom stereocenters. The Labute approximate surface area is 206 Å². The van der Waals surface area contributed by atoms with Crippen LogP contribution in [0.5, 0.6) is 0 Å². The van der Waals surface area contributed by atoms with Crippen molar-refractivity contribution in [1.29, 1.82) is 0 Å². The minimum absolute atomic E-state index is 0.0348. The van der Waals surface area contributed by atoms with Crippen molar-refractivity contribution in [2.45, 2.75) is 64.0 Å². The number of carbonyl (C=O) groups is 3. The van der Waals surface area contributed by atoms with Crippen LogP contribution in [0.1, 0.15) is 63.0 Å². The van der Waals surface area contributed by atoms with Crippen LogP contribution < -0.4 is 10.6 Å². The van der Waals surface area contributed by atoms with Gasteiger partial charge in [-0.2, -0.15) is 0 Å². The lowest BCUT2D eigenvalue weighted by molar-refractivity contribution is -0.143. The molecule has 2 aromatic carbocycles. The highest BCUT2D eigenvalue weighted by molar-refractivity contribution is 5.82. The molecule has 2 amide bonds. The van der Waals surface area contributed by atoms with E-state index in [0.717, 1.165) is 41.5 Å². The van der Waals surface area contributed by atoms with Gasteiger partial charge in [-0.25, -0.2) is 4.79 Å². The number of carboxylic acid groups (broad SMARTS) is 1. The number of aliphatic carboxylic acids is 1. The fourth-order valence-corrected chi connectivity index (χ4v) is 5.27. The second-order valence-electron chi connectivity index (χ2n) is 9.75. The summed E-state index contributed by atoms with van der Waals surface area (Å²) in [4.78, 5) is 37.1. The lowest BCUT2D eigenvalue weighted by Crippen LogP contribution is -2.49. The maximum Gasteiger partial charge on any atom is 0.407 e. The van der Waals surface area contributed by atoms with Crippen molar-refractivity contribution in [2.24, 2.45) is 11.8 Å². The molecule has 0 bridgehead atoms. The number of rotatable bonds is 7. The summed E-state index contributed by atoms with van der Waals surface area (Å²) in [5, 5.41) is 15.3. The first-order valence-electron chi connectivity index (χ1n) is 12.5. The summed E-state index contributed by atoms with van der Waals surface area (Å²) in [6, 6.07) is 15.4. The number of benzene rings is 2. The highest BCUT2D eigenvalue weighted by atomic mass is 16.5. The van der Waals surface area contributed by atoms with Crippen molar-refractivity contribution in [1.82, 2.24) is 10.6 Å². The van der Waals surface area contributed by atoms with E-state index in [1.54, 1.807) is 13.8 Å². The topological polar surface area (TPSA) is 105 Å². The van der Waals surface area contributed by atoms with Gasteiger partial charge in [0, 0.05) is 18.0 Å². The van der Waals surface area contributed by atoms with E-state index in [9.17, 15) is 19.5 Å². The highest BCUT2D eigenvalue weighted by Crippen LogP contribution is 2.44. The molecule has 0 aliphatic heterocycles. The number of carbonyl (C=O) groups excluding carboxylic acids is 2. The molecule has 2 aliphatic rings. The third-order valence-electron chi connectivity index (χ3n) is 7.51. The quantitative estimate of drug-likeness (QED) is 0.501. The summed E-state index contributed by atoms with van der Waals surface area (Å²) < 4.78 is 5.60. The normalized spacial score (nSPS) is 21.1. The van der Waals surface area contributed by atoms with E-state index in [-0.39, 0.29) is 24.5 Å². The Morgan fingerprint density at radius 3 is 2.17 bits per heavy atom. The van der Waals surface area contributed by atoms with Crippen LogP contribution in [0, 0.1) is 11.8 Å². The van der Waals surface area contributed by atoms with Gasteiger partial charge in [0.2, 0.25) is 5.91 Å². The van der Waals surface area contributed by atoms with E-state index in [2.05, 4.69) is 34.9 Å². The lowest BCUT2D eigenvalue weighted by Gasteiger charge is -2.27. The first kappa shape index (κ1) is 24.8. The van der Waals surface area contributed by atoms with E-state index < -0.39 is 29.9 Å². The van der Waals surface area contributed by atoms with Gasteiger partial charge in [-0.1, -0.05) is 74.7 Å². The molecule has 35 heavy (non-hydrogen) atoms. The molecule has 186 valence electrons. The third kappa shape index (κ3) is 5.50. The van der Waals surface area contributed by atoms with Crippen molar-refractivity contribution < 1.29 is 24.2 Å². The minimum atomic E-state index is -0.866. The van der Waals surface area contributed by atoms with Crippen LogP contribution in [0.4, 0.5) is 4.79 Å². The molecule has 0 radical (unpaired) electrons. The van der Waals surface area contributed by atoms with Gasteiger partial charge in [0.15, 0.2) is 0 Å². The Bertz CT molecular complexity index is 1040. The summed E-state index contributed by atoms with van der Waals surface area (Å²) in [5.74, 6) is -2.26. The summed E-state index contributed by atoms with van der Waals surface area (Å²) in [7, 11) is 0. The number of carboxylic acids is 1. The third-order valence-corrected chi connectivity index (χ3v) is 7.51. The van der Waals surface area contributed by atoms with Gasteiger partial charge in [-0.05, 0) is 42.0 Å². The second-order valence-corrected chi connectivity index (χ2v) is 9.75. The predicted molar refractivity (Wildman–Crippen MR) is 133 cm³/mol. The van der Waals surface area contributed by atoms with E-state index in [4.69, 9.17) is 4.74 Å². The molecule has 0 spiro atoms. The molecule has 1 saturated carbocycles. The smallest absolute Gasteiger partial charge is 0.407 e. The zero-order valence-electron chi connectivity index (χ0n) is 20.3. The van der Waals surface area contributed by atoms with Gasteiger partial charge in [0.25, 0.3) is 0 Å². The van der Waals surface area contributed by atoms with Crippen LogP contribution >= 0.6 is 0 Å². The molecule has 0 aromatic heterocycles. The Hall–Kier alpha value is -3.35. The number of amides is 2.